The van der Waals surface area contributed by atoms with Crippen molar-refractivity contribution in [3.05, 3.63) is 24.3 Å². The van der Waals surface area contributed by atoms with Gasteiger partial charge < -0.3 is 0 Å². The van der Waals surface area contributed by atoms with Gasteiger partial charge >= 0.3 is 0 Å². The Hall–Kier alpha value is -0.960. The first-order valence-electron chi connectivity index (χ1n) is 3.68. The predicted molar refractivity (Wildman–Crippen MR) is 46.6 cm³/mol. The Labute approximate surface area is 63.6 Å². The zero-order valence-electron chi connectivity index (χ0n) is 6.51. The van der Waals surface area contributed by atoms with Crippen LogP contribution in [-0.4, -0.2) is 0 Å². The molecule has 0 fully saturated rings. The Morgan fingerprint density at radius 3 is 2.50 bits per heavy atom. The summed E-state index contributed by atoms with van der Waals surface area (Å²) in [5.74, 6) is 2.45. The van der Waals surface area contributed by atoms with Crippen molar-refractivity contribution < 1.29 is 0 Å². The van der Waals surface area contributed by atoms with Crippen LogP contribution in [0.2, 0.25) is 0 Å². The lowest BCUT2D eigenvalue weighted by Gasteiger charge is -1.83. The standard InChI is InChI=1S/C10H14/c1-3-5-7-9-10-8-6-4-2/h1,5-8H,4,9-10H2,2H3/b7-5-,8-6-. The molecule has 0 amide bonds. The summed E-state index contributed by atoms with van der Waals surface area (Å²) in [5.41, 5.74) is 0. The fourth-order valence-corrected chi connectivity index (χ4v) is 0.628. The van der Waals surface area contributed by atoms with Crippen LogP contribution in [0, 0.1) is 12.3 Å². The summed E-state index contributed by atoms with van der Waals surface area (Å²) < 4.78 is 0. The van der Waals surface area contributed by atoms with Crippen molar-refractivity contribution in [2.45, 2.75) is 26.2 Å². The SMILES string of the molecule is C#C/C=C\CC/C=C\CC. The summed E-state index contributed by atoms with van der Waals surface area (Å²) in [6, 6.07) is 0. The van der Waals surface area contributed by atoms with E-state index in [1.54, 1.807) is 6.08 Å². The minimum atomic E-state index is 1.06. The molecule has 0 atom stereocenters. The Kier molecular flexibility index (Phi) is 7.27. The van der Waals surface area contributed by atoms with Gasteiger partial charge in [-0.2, -0.15) is 0 Å². The van der Waals surface area contributed by atoms with Gasteiger partial charge in [0.15, 0.2) is 0 Å². The normalized spacial score (nSPS) is 10.8. The van der Waals surface area contributed by atoms with Crippen molar-refractivity contribution >= 4 is 0 Å². The average Bonchev–Trinajstić information content (AvgIpc) is 1.97. The zero-order chi connectivity index (χ0) is 7.66. The first kappa shape index (κ1) is 9.04. The number of terminal acetylenes is 1. The lowest BCUT2D eigenvalue weighted by atomic mass is 10.2. The van der Waals surface area contributed by atoms with Crippen LogP contribution in [0.25, 0.3) is 0 Å². The molecule has 0 nitrogen and oxygen atoms in total. The van der Waals surface area contributed by atoms with Gasteiger partial charge in [-0.1, -0.05) is 31.1 Å². The smallest absolute Gasteiger partial charge is 0.0161 e. The van der Waals surface area contributed by atoms with Crippen LogP contribution in [-0.2, 0) is 0 Å². The van der Waals surface area contributed by atoms with Gasteiger partial charge in [-0.25, -0.2) is 0 Å². The lowest BCUT2D eigenvalue weighted by molar-refractivity contribution is 1.04. The highest BCUT2D eigenvalue weighted by molar-refractivity contribution is 5.08. The second-order valence-electron chi connectivity index (χ2n) is 2.03. The van der Waals surface area contributed by atoms with E-state index in [-0.39, 0.29) is 0 Å². The molecule has 0 rings (SSSR count). The first-order chi connectivity index (χ1) is 4.91. The fourth-order valence-electron chi connectivity index (χ4n) is 0.628. The van der Waals surface area contributed by atoms with Crippen molar-refractivity contribution in [2.75, 3.05) is 0 Å². The highest BCUT2D eigenvalue weighted by Crippen LogP contribution is 1.93. The van der Waals surface area contributed by atoms with Crippen molar-refractivity contribution in [1.29, 1.82) is 0 Å². The molecule has 0 aliphatic rings. The largest absolute Gasteiger partial charge is 0.115 e. The summed E-state index contributed by atoms with van der Waals surface area (Å²) in [5, 5.41) is 0. The minimum absolute atomic E-state index is 1.06. The lowest BCUT2D eigenvalue weighted by Crippen LogP contribution is -1.63. The van der Waals surface area contributed by atoms with Crippen LogP contribution in [0.1, 0.15) is 26.2 Å². The maximum atomic E-state index is 5.01. The summed E-state index contributed by atoms with van der Waals surface area (Å²) in [4.78, 5) is 0. The van der Waals surface area contributed by atoms with E-state index >= 15 is 0 Å². The molecule has 0 unspecified atom stereocenters. The quantitative estimate of drug-likeness (QED) is 0.315. The second-order valence-corrected chi connectivity index (χ2v) is 2.03. The number of rotatable bonds is 4. The van der Waals surface area contributed by atoms with Crippen molar-refractivity contribution in [1.82, 2.24) is 0 Å². The van der Waals surface area contributed by atoms with Crippen molar-refractivity contribution in [3.8, 4) is 12.3 Å². The van der Waals surface area contributed by atoms with Crippen LogP contribution >= 0.6 is 0 Å². The van der Waals surface area contributed by atoms with E-state index in [9.17, 15) is 0 Å². The van der Waals surface area contributed by atoms with Crippen LogP contribution in [0.15, 0.2) is 24.3 Å². The van der Waals surface area contributed by atoms with Crippen molar-refractivity contribution in [2.24, 2.45) is 0 Å². The predicted octanol–water partition coefficient (Wildman–Crippen LogP) is 2.92. The van der Waals surface area contributed by atoms with Crippen molar-refractivity contribution in [3.63, 3.8) is 0 Å². The molecule has 0 N–H and O–H groups in total. The third kappa shape index (κ3) is 7.04. The molecule has 54 valence electrons. The van der Waals surface area contributed by atoms with E-state index in [0.29, 0.717) is 0 Å². The molecule has 0 bridgehead atoms. The van der Waals surface area contributed by atoms with Gasteiger partial charge in [0.1, 0.15) is 0 Å². The summed E-state index contributed by atoms with van der Waals surface area (Å²) in [7, 11) is 0. The summed E-state index contributed by atoms with van der Waals surface area (Å²) in [6.07, 6.45) is 16.4. The molecule has 0 aliphatic carbocycles. The third-order valence-electron chi connectivity index (χ3n) is 1.12. The molecule has 0 aromatic carbocycles. The molecule has 0 saturated heterocycles. The third-order valence-corrected chi connectivity index (χ3v) is 1.12. The molecule has 10 heavy (non-hydrogen) atoms. The number of unbranched alkanes of at least 4 members (excludes halogenated alkanes) is 1. The minimum Gasteiger partial charge on any atom is -0.115 e. The molecule has 0 aromatic rings. The highest BCUT2D eigenvalue weighted by atomic mass is 13.8. The van der Waals surface area contributed by atoms with E-state index in [1.165, 1.54) is 0 Å². The first-order valence-corrected chi connectivity index (χ1v) is 3.68. The molecule has 0 heteroatoms. The summed E-state index contributed by atoms with van der Waals surface area (Å²) in [6.45, 7) is 2.13. The maximum Gasteiger partial charge on any atom is -0.0161 e. The number of allylic oxidation sites excluding steroid dienone is 4. The molecular formula is C10H14. The molecule has 0 saturated carbocycles. The Bertz CT molecular complexity index is 144. The Balaban J connectivity index is 3.14. The maximum absolute atomic E-state index is 5.01. The van der Waals surface area contributed by atoms with Gasteiger partial charge in [0.25, 0.3) is 0 Å². The molecule has 0 spiro atoms. The van der Waals surface area contributed by atoms with E-state index in [2.05, 4.69) is 25.0 Å². The van der Waals surface area contributed by atoms with Crippen LogP contribution in [0.4, 0.5) is 0 Å². The second kappa shape index (κ2) is 8.04. The topological polar surface area (TPSA) is 0 Å². The van der Waals surface area contributed by atoms with Gasteiger partial charge in [0, 0.05) is 0 Å². The highest BCUT2D eigenvalue weighted by Gasteiger charge is 1.73. The average molecular weight is 134 g/mol. The zero-order valence-corrected chi connectivity index (χ0v) is 6.51. The monoisotopic (exact) mass is 134 g/mol. The van der Waals surface area contributed by atoms with E-state index < -0.39 is 0 Å². The van der Waals surface area contributed by atoms with Gasteiger partial charge in [-0.3, -0.25) is 0 Å². The number of hydrogen-bond acceptors (Lipinski definition) is 0. The van der Waals surface area contributed by atoms with Crippen LogP contribution in [0.3, 0.4) is 0 Å². The van der Waals surface area contributed by atoms with E-state index in [4.69, 9.17) is 6.42 Å². The number of hydrogen-bond donors (Lipinski definition) is 0. The van der Waals surface area contributed by atoms with Gasteiger partial charge in [0.05, 0.1) is 0 Å². The molecule has 0 aliphatic heterocycles. The van der Waals surface area contributed by atoms with E-state index in [0.717, 1.165) is 19.3 Å². The van der Waals surface area contributed by atoms with Gasteiger partial charge in [0.2, 0.25) is 0 Å². The Morgan fingerprint density at radius 2 is 1.90 bits per heavy atom. The van der Waals surface area contributed by atoms with Crippen LogP contribution in [0.5, 0.6) is 0 Å². The molecule has 0 aromatic heterocycles. The Morgan fingerprint density at radius 1 is 1.20 bits per heavy atom. The molecular weight excluding hydrogens is 120 g/mol. The summed E-state index contributed by atoms with van der Waals surface area (Å²) >= 11 is 0. The molecule has 0 heterocycles. The molecule has 0 radical (unpaired) electrons. The van der Waals surface area contributed by atoms with Gasteiger partial charge in [-0.05, 0) is 25.3 Å². The van der Waals surface area contributed by atoms with Gasteiger partial charge in [-0.15, -0.1) is 6.42 Å². The van der Waals surface area contributed by atoms with Crippen LogP contribution < -0.4 is 0 Å². The fraction of sp³-hybridized carbons (Fsp3) is 0.400. The van der Waals surface area contributed by atoms with E-state index in [1.807, 2.05) is 6.08 Å².